The standard InChI is InChI=1S/C12H16N2O2/c1-9-3-4-12(16)10(7-9)11(8-13)14(2)5-6-15/h3-4,7,11,15-16H,5-6H2,1-2H3. The monoisotopic (exact) mass is 220 g/mol. The Labute approximate surface area is 95.4 Å². The first-order chi connectivity index (χ1) is 7.60. The highest BCUT2D eigenvalue weighted by molar-refractivity contribution is 5.40. The molecule has 0 saturated heterocycles. The molecule has 4 nitrogen and oxygen atoms in total. The summed E-state index contributed by atoms with van der Waals surface area (Å²) in [6, 6.07) is 6.76. The number of phenols is 1. The van der Waals surface area contributed by atoms with Crippen molar-refractivity contribution in [1.29, 1.82) is 5.26 Å². The van der Waals surface area contributed by atoms with E-state index in [0.29, 0.717) is 12.1 Å². The highest BCUT2D eigenvalue weighted by Crippen LogP contribution is 2.28. The predicted molar refractivity (Wildman–Crippen MR) is 60.9 cm³/mol. The summed E-state index contributed by atoms with van der Waals surface area (Å²) < 4.78 is 0. The Morgan fingerprint density at radius 3 is 2.75 bits per heavy atom. The zero-order valence-corrected chi connectivity index (χ0v) is 9.51. The minimum absolute atomic E-state index is 0.0126. The summed E-state index contributed by atoms with van der Waals surface area (Å²) in [5.41, 5.74) is 1.57. The molecule has 0 bridgehead atoms. The number of benzene rings is 1. The van der Waals surface area contributed by atoms with Gasteiger partial charge in [0.15, 0.2) is 0 Å². The molecule has 0 aliphatic heterocycles. The van der Waals surface area contributed by atoms with Gasteiger partial charge in [-0.3, -0.25) is 4.90 Å². The van der Waals surface area contributed by atoms with Gasteiger partial charge in [-0.25, -0.2) is 0 Å². The van der Waals surface area contributed by atoms with Gasteiger partial charge in [-0.2, -0.15) is 5.26 Å². The van der Waals surface area contributed by atoms with Crippen LogP contribution in [0.1, 0.15) is 17.2 Å². The highest BCUT2D eigenvalue weighted by atomic mass is 16.3. The lowest BCUT2D eigenvalue weighted by Crippen LogP contribution is -2.26. The molecule has 0 heterocycles. The van der Waals surface area contributed by atoms with Crippen LogP contribution in [0.2, 0.25) is 0 Å². The zero-order chi connectivity index (χ0) is 12.1. The second-order valence-corrected chi connectivity index (χ2v) is 3.80. The van der Waals surface area contributed by atoms with Gasteiger partial charge < -0.3 is 10.2 Å². The normalized spacial score (nSPS) is 12.4. The number of rotatable bonds is 4. The molecule has 0 radical (unpaired) electrons. The minimum Gasteiger partial charge on any atom is -0.508 e. The molecule has 2 N–H and O–H groups in total. The van der Waals surface area contributed by atoms with Crippen LogP contribution in [0.4, 0.5) is 0 Å². The third-order valence-corrected chi connectivity index (χ3v) is 2.49. The van der Waals surface area contributed by atoms with E-state index in [0.717, 1.165) is 5.56 Å². The first-order valence-corrected chi connectivity index (χ1v) is 5.10. The maximum atomic E-state index is 9.71. The van der Waals surface area contributed by atoms with Crippen molar-refractivity contribution in [2.45, 2.75) is 13.0 Å². The van der Waals surface area contributed by atoms with Crippen LogP contribution in [0.25, 0.3) is 0 Å². The molecule has 4 heteroatoms. The fraction of sp³-hybridized carbons (Fsp3) is 0.417. The molecule has 0 aliphatic rings. The molecule has 0 aromatic heterocycles. The van der Waals surface area contributed by atoms with Crippen molar-refractivity contribution in [1.82, 2.24) is 4.90 Å². The Bertz CT molecular complexity index is 398. The lowest BCUT2D eigenvalue weighted by molar-refractivity contribution is 0.201. The number of phenolic OH excluding ortho intramolecular Hbond substituents is 1. The second kappa shape index (κ2) is 5.50. The first-order valence-electron chi connectivity index (χ1n) is 5.10. The van der Waals surface area contributed by atoms with Crippen LogP contribution in [0.15, 0.2) is 18.2 Å². The van der Waals surface area contributed by atoms with Gasteiger partial charge in [0.05, 0.1) is 12.7 Å². The summed E-state index contributed by atoms with van der Waals surface area (Å²) in [4.78, 5) is 1.70. The van der Waals surface area contributed by atoms with Crippen LogP contribution in [-0.2, 0) is 0 Å². The van der Waals surface area contributed by atoms with E-state index in [9.17, 15) is 5.11 Å². The van der Waals surface area contributed by atoms with Crippen molar-refractivity contribution < 1.29 is 10.2 Å². The minimum atomic E-state index is -0.535. The number of hydrogen-bond donors (Lipinski definition) is 2. The predicted octanol–water partition coefficient (Wildman–Crippen LogP) is 1.19. The molecule has 0 aliphatic carbocycles. The van der Waals surface area contributed by atoms with Gasteiger partial charge in [0.1, 0.15) is 11.8 Å². The zero-order valence-electron chi connectivity index (χ0n) is 9.51. The van der Waals surface area contributed by atoms with E-state index < -0.39 is 6.04 Å². The maximum absolute atomic E-state index is 9.71. The molecule has 86 valence electrons. The van der Waals surface area contributed by atoms with Gasteiger partial charge in [-0.15, -0.1) is 0 Å². The quantitative estimate of drug-likeness (QED) is 0.799. The van der Waals surface area contributed by atoms with Crippen LogP contribution in [0, 0.1) is 18.3 Å². The molecule has 1 unspecified atom stereocenters. The highest BCUT2D eigenvalue weighted by Gasteiger charge is 2.19. The molecule has 0 fully saturated rings. The summed E-state index contributed by atoms with van der Waals surface area (Å²) in [6.07, 6.45) is 0. The van der Waals surface area contributed by atoms with E-state index in [-0.39, 0.29) is 12.4 Å². The second-order valence-electron chi connectivity index (χ2n) is 3.80. The number of aromatic hydroxyl groups is 1. The molecular weight excluding hydrogens is 204 g/mol. The number of hydrogen-bond acceptors (Lipinski definition) is 4. The van der Waals surface area contributed by atoms with Gasteiger partial charge >= 0.3 is 0 Å². The van der Waals surface area contributed by atoms with Crippen LogP contribution in [0.3, 0.4) is 0 Å². The third-order valence-electron chi connectivity index (χ3n) is 2.49. The van der Waals surface area contributed by atoms with Gasteiger partial charge in [0, 0.05) is 12.1 Å². The van der Waals surface area contributed by atoms with Gasteiger partial charge in [0.25, 0.3) is 0 Å². The molecule has 0 amide bonds. The lowest BCUT2D eigenvalue weighted by atomic mass is 10.0. The van der Waals surface area contributed by atoms with Crippen molar-refractivity contribution in [2.24, 2.45) is 0 Å². The topological polar surface area (TPSA) is 67.5 Å². The van der Waals surface area contributed by atoms with Crippen LogP contribution >= 0.6 is 0 Å². The number of aliphatic hydroxyl groups excluding tert-OH is 1. The summed E-state index contributed by atoms with van der Waals surface area (Å²) in [6.45, 7) is 2.29. The summed E-state index contributed by atoms with van der Waals surface area (Å²) in [5, 5.41) is 27.7. The number of nitrogens with zero attached hydrogens (tertiary/aromatic N) is 2. The fourth-order valence-corrected chi connectivity index (χ4v) is 1.59. The molecule has 0 saturated carbocycles. The van der Waals surface area contributed by atoms with E-state index in [1.165, 1.54) is 0 Å². The number of aryl methyl sites for hydroxylation is 1. The van der Waals surface area contributed by atoms with Crippen molar-refractivity contribution in [2.75, 3.05) is 20.2 Å². The average molecular weight is 220 g/mol. The Balaban J connectivity index is 3.04. The van der Waals surface area contributed by atoms with E-state index >= 15 is 0 Å². The SMILES string of the molecule is Cc1ccc(O)c(C(C#N)N(C)CCO)c1. The molecule has 1 aromatic carbocycles. The summed E-state index contributed by atoms with van der Waals surface area (Å²) >= 11 is 0. The Morgan fingerprint density at radius 1 is 1.50 bits per heavy atom. The molecule has 1 aromatic rings. The van der Waals surface area contributed by atoms with Gasteiger partial charge in [0.2, 0.25) is 0 Å². The van der Waals surface area contributed by atoms with Crippen LogP contribution in [-0.4, -0.2) is 35.3 Å². The van der Waals surface area contributed by atoms with Crippen molar-refractivity contribution >= 4 is 0 Å². The third kappa shape index (κ3) is 2.72. The van der Waals surface area contributed by atoms with Gasteiger partial charge in [-0.1, -0.05) is 11.6 Å². The average Bonchev–Trinajstić information content (AvgIpc) is 2.24. The van der Waals surface area contributed by atoms with Crippen LogP contribution in [0.5, 0.6) is 5.75 Å². The Kier molecular flexibility index (Phi) is 4.29. The fourth-order valence-electron chi connectivity index (χ4n) is 1.59. The summed E-state index contributed by atoms with van der Waals surface area (Å²) in [7, 11) is 1.74. The molecule has 1 atom stereocenters. The first kappa shape index (κ1) is 12.5. The molecular formula is C12H16N2O2. The Morgan fingerprint density at radius 2 is 2.19 bits per heavy atom. The maximum Gasteiger partial charge on any atom is 0.127 e. The van der Waals surface area contributed by atoms with E-state index in [2.05, 4.69) is 6.07 Å². The number of nitriles is 1. The van der Waals surface area contributed by atoms with Crippen molar-refractivity contribution in [3.05, 3.63) is 29.3 Å². The molecule has 0 spiro atoms. The summed E-state index contributed by atoms with van der Waals surface area (Å²) in [5.74, 6) is 0.113. The molecule has 1 rings (SSSR count). The van der Waals surface area contributed by atoms with Crippen LogP contribution < -0.4 is 0 Å². The van der Waals surface area contributed by atoms with E-state index in [1.54, 1.807) is 30.1 Å². The number of likely N-dealkylation sites (N-methyl/N-ethyl adjacent to an activating group) is 1. The molecule has 16 heavy (non-hydrogen) atoms. The van der Waals surface area contributed by atoms with E-state index in [1.807, 2.05) is 6.92 Å². The van der Waals surface area contributed by atoms with Crippen molar-refractivity contribution in [3.8, 4) is 11.8 Å². The van der Waals surface area contributed by atoms with E-state index in [4.69, 9.17) is 10.4 Å². The smallest absolute Gasteiger partial charge is 0.127 e. The lowest BCUT2D eigenvalue weighted by Gasteiger charge is -2.22. The number of aliphatic hydroxyl groups is 1. The largest absolute Gasteiger partial charge is 0.508 e. The van der Waals surface area contributed by atoms with Gasteiger partial charge in [-0.05, 0) is 26.1 Å². The Hall–Kier alpha value is -1.57. The van der Waals surface area contributed by atoms with Crippen molar-refractivity contribution in [3.63, 3.8) is 0 Å².